The van der Waals surface area contributed by atoms with Crippen molar-refractivity contribution in [2.45, 2.75) is 25.7 Å². The molecule has 11 heteroatoms. The third-order valence-electron chi connectivity index (χ3n) is 5.88. The zero-order chi connectivity index (χ0) is 29.6. The smallest absolute Gasteiger partial charge is 0.343 e. The van der Waals surface area contributed by atoms with Gasteiger partial charge in [0.25, 0.3) is 5.91 Å². The number of unbranched alkanes of at least 4 members (excludes halogenated alkanes) is 2. The largest absolute Gasteiger partial charge is 0.493 e. The van der Waals surface area contributed by atoms with Crippen molar-refractivity contribution in [2.24, 2.45) is 5.10 Å². The van der Waals surface area contributed by atoms with Crippen molar-refractivity contribution < 1.29 is 33.3 Å². The predicted octanol–water partition coefficient (Wildman–Crippen LogP) is 5.03. The maximum absolute atomic E-state index is 12.7. The van der Waals surface area contributed by atoms with Gasteiger partial charge < -0.3 is 24.3 Å². The van der Waals surface area contributed by atoms with Crippen molar-refractivity contribution in [2.75, 3.05) is 27.9 Å². The second-order valence-electron chi connectivity index (χ2n) is 8.71. The zero-order valence-electron chi connectivity index (χ0n) is 23.1. The molecule has 0 aliphatic rings. The molecule has 2 N–H and O–H groups in total. The Kier molecular flexibility index (Phi) is 12.0. The molecule has 0 spiro atoms. The van der Waals surface area contributed by atoms with E-state index in [0.717, 1.165) is 12.8 Å². The second-order valence-corrected chi connectivity index (χ2v) is 9.12. The van der Waals surface area contributed by atoms with Crippen molar-refractivity contribution in [3.63, 3.8) is 0 Å². The second kappa shape index (κ2) is 15.9. The number of benzene rings is 3. The first-order chi connectivity index (χ1) is 19.9. The van der Waals surface area contributed by atoms with Gasteiger partial charge in [-0.25, -0.2) is 10.2 Å². The van der Waals surface area contributed by atoms with E-state index in [2.05, 4.69) is 15.8 Å². The van der Waals surface area contributed by atoms with Crippen LogP contribution < -0.4 is 29.7 Å². The van der Waals surface area contributed by atoms with Gasteiger partial charge in [0.1, 0.15) is 5.75 Å². The first-order valence-electron chi connectivity index (χ1n) is 12.8. The van der Waals surface area contributed by atoms with E-state index < -0.39 is 5.97 Å². The minimum absolute atomic E-state index is 0.211. The molecule has 3 aromatic carbocycles. The van der Waals surface area contributed by atoms with Crippen LogP contribution in [0.4, 0.5) is 0 Å². The van der Waals surface area contributed by atoms with Gasteiger partial charge in [0.05, 0.1) is 43.7 Å². The number of carbonyl (C=O) groups is 3. The van der Waals surface area contributed by atoms with E-state index in [0.29, 0.717) is 58.5 Å². The van der Waals surface area contributed by atoms with Gasteiger partial charge in [-0.1, -0.05) is 30.2 Å². The van der Waals surface area contributed by atoms with E-state index in [1.54, 1.807) is 48.5 Å². The van der Waals surface area contributed by atoms with Crippen molar-refractivity contribution >= 4 is 35.6 Å². The summed E-state index contributed by atoms with van der Waals surface area (Å²) in [5.74, 6) is 0.354. The average Bonchev–Trinajstić information content (AvgIpc) is 2.98. The number of hydrazone groups is 1. The molecule has 0 aromatic heterocycles. The Bertz CT molecular complexity index is 1350. The summed E-state index contributed by atoms with van der Waals surface area (Å²) in [4.78, 5) is 36.8. The molecule has 0 saturated carbocycles. The van der Waals surface area contributed by atoms with Gasteiger partial charge in [0.2, 0.25) is 11.7 Å². The summed E-state index contributed by atoms with van der Waals surface area (Å²) in [6.07, 6.45) is 3.98. The zero-order valence-corrected chi connectivity index (χ0v) is 23.8. The van der Waals surface area contributed by atoms with Crippen LogP contribution in [0.2, 0.25) is 5.02 Å². The normalized spacial score (nSPS) is 10.6. The molecule has 0 fully saturated rings. The van der Waals surface area contributed by atoms with Gasteiger partial charge in [-0.3, -0.25) is 9.59 Å². The highest BCUT2D eigenvalue weighted by Crippen LogP contribution is 2.38. The van der Waals surface area contributed by atoms with Crippen LogP contribution in [0.1, 0.15) is 52.0 Å². The number of nitrogens with zero attached hydrogens (tertiary/aromatic N) is 1. The number of amides is 2. The van der Waals surface area contributed by atoms with Crippen LogP contribution in [-0.4, -0.2) is 51.9 Å². The molecule has 41 heavy (non-hydrogen) atoms. The molecule has 3 rings (SSSR count). The lowest BCUT2D eigenvalue weighted by atomic mass is 10.1. The molecule has 0 unspecified atom stereocenters. The molecule has 10 nitrogen and oxygen atoms in total. The average molecular weight is 582 g/mol. The quantitative estimate of drug-likeness (QED) is 0.0900. The minimum Gasteiger partial charge on any atom is -0.493 e. The van der Waals surface area contributed by atoms with Crippen LogP contribution in [0.25, 0.3) is 0 Å². The van der Waals surface area contributed by atoms with Crippen molar-refractivity contribution in [3.05, 3.63) is 82.4 Å². The molecule has 216 valence electrons. The van der Waals surface area contributed by atoms with E-state index in [-0.39, 0.29) is 17.4 Å². The fraction of sp³-hybridized carbons (Fsp3) is 0.267. The van der Waals surface area contributed by atoms with Gasteiger partial charge in [-0.15, -0.1) is 0 Å². The summed E-state index contributed by atoms with van der Waals surface area (Å²) in [5, 5.41) is 7.21. The molecule has 0 bridgehead atoms. The van der Waals surface area contributed by atoms with E-state index in [1.165, 1.54) is 39.7 Å². The summed E-state index contributed by atoms with van der Waals surface area (Å²) in [5.41, 5.74) is 3.87. The predicted molar refractivity (Wildman–Crippen MR) is 155 cm³/mol. The molecule has 3 aromatic rings. The van der Waals surface area contributed by atoms with E-state index in [4.69, 9.17) is 30.5 Å². The number of carbonyl (C=O) groups excluding carboxylic acids is 3. The Morgan fingerprint density at radius 1 is 0.878 bits per heavy atom. The van der Waals surface area contributed by atoms with Crippen LogP contribution in [0.15, 0.2) is 65.8 Å². The summed E-state index contributed by atoms with van der Waals surface area (Å²) in [6.45, 7) is 0.498. The Morgan fingerprint density at radius 2 is 1.56 bits per heavy atom. The molecule has 0 aliphatic heterocycles. The van der Waals surface area contributed by atoms with Crippen molar-refractivity contribution in [1.29, 1.82) is 0 Å². The lowest BCUT2D eigenvalue weighted by Gasteiger charge is -2.13. The van der Waals surface area contributed by atoms with Crippen molar-refractivity contribution in [3.8, 4) is 23.0 Å². The lowest BCUT2D eigenvalue weighted by molar-refractivity contribution is -0.121. The maximum Gasteiger partial charge on any atom is 0.343 e. The van der Waals surface area contributed by atoms with E-state index in [9.17, 15) is 14.4 Å². The summed E-state index contributed by atoms with van der Waals surface area (Å²) < 4.78 is 21.3. The molecule has 0 heterocycles. The van der Waals surface area contributed by atoms with Gasteiger partial charge in [0, 0.05) is 13.0 Å². The third-order valence-corrected chi connectivity index (χ3v) is 6.21. The fourth-order valence-electron chi connectivity index (χ4n) is 3.75. The first kappa shape index (κ1) is 31.0. The molecule has 0 atom stereocenters. The summed E-state index contributed by atoms with van der Waals surface area (Å²) >= 11 is 6.02. The Morgan fingerprint density at radius 3 is 2.20 bits per heavy atom. The molecule has 2 amide bonds. The fourth-order valence-corrected chi connectivity index (χ4v) is 3.97. The van der Waals surface area contributed by atoms with E-state index in [1.807, 2.05) is 0 Å². The van der Waals surface area contributed by atoms with Crippen molar-refractivity contribution in [1.82, 2.24) is 10.7 Å². The number of nitrogens with one attached hydrogen (secondary N) is 2. The number of ether oxygens (including phenoxy) is 4. The van der Waals surface area contributed by atoms with Crippen LogP contribution in [0.3, 0.4) is 0 Å². The number of hydrogen-bond donors (Lipinski definition) is 2. The van der Waals surface area contributed by atoms with E-state index >= 15 is 0 Å². The molecule has 0 saturated heterocycles. The Balaban J connectivity index is 1.38. The number of esters is 1. The topological polar surface area (TPSA) is 125 Å². The highest BCUT2D eigenvalue weighted by molar-refractivity contribution is 6.33. The molecular weight excluding hydrogens is 550 g/mol. The molecule has 0 radical (unpaired) electrons. The molecule has 0 aliphatic carbocycles. The highest BCUT2D eigenvalue weighted by Gasteiger charge is 2.18. The van der Waals surface area contributed by atoms with Gasteiger partial charge in [-0.2, -0.15) is 5.10 Å². The van der Waals surface area contributed by atoms with Crippen LogP contribution in [0.5, 0.6) is 23.0 Å². The minimum atomic E-state index is -0.596. The highest BCUT2D eigenvalue weighted by atomic mass is 35.5. The van der Waals surface area contributed by atoms with Crippen LogP contribution >= 0.6 is 11.6 Å². The van der Waals surface area contributed by atoms with Gasteiger partial charge in [0.15, 0.2) is 11.5 Å². The van der Waals surface area contributed by atoms with Gasteiger partial charge in [-0.05, 0) is 66.9 Å². The summed E-state index contributed by atoms with van der Waals surface area (Å²) in [7, 11) is 4.40. The number of methoxy groups -OCH3 is 3. The van der Waals surface area contributed by atoms with Crippen LogP contribution in [0, 0.1) is 0 Å². The SMILES string of the molecule is COc1cc(C(=O)Oc2ccc(/C=N/NC(=O)CCCCCNC(=O)c3ccccc3Cl)cc2)cc(OC)c1OC. The first-order valence-corrected chi connectivity index (χ1v) is 13.2. The number of hydrogen-bond acceptors (Lipinski definition) is 8. The monoisotopic (exact) mass is 581 g/mol. The number of rotatable bonds is 14. The number of halogens is 1. The maximum atomic E-state index is 12.7. The molecular formula is C30H32ClN3O7. The summed E-state index contributed by atoms with van der Waals surface area (Å²) in [6, 6.07) is 16.5. The lowest BCUT2D eigenvalue weighted by Crippen LogP contribution is -2.24. The Hall–Kier alpha value is -4.57. The van der Waals surface area contributed by atoms with Crippen LogP contribution in [-0.2, 0) is 4.79 Å². The standard InChI is InChI=1S/C30H32ClN3O7/c1-38-25-17-21(18-26(39-2)28(25)40-3)30(37)41-22-14-12-20(13-15-22)19-33-34-27(35)11-5-4-8-16-32-29(36)23-9-6-7-10-24(23)31/h6-7,9-10,12-15,17-19H,4-5,8,11,16H2,1-3H3,(H,32,36)(H,34,35)/b33-19+. The van der Waals surface area contributed by atoms with Gasteiger partial charge >= 0.3 is 5.97 Å². The Labute approximate surface area is 243 Å². The third kappa shape index (κ3) is 9.25.